The number of carbonyl (C=O) groups excluding carboxylic acids is 1. The summed E-state index contributed by atoms with van der Waals surface area (Å²) >= 11 is 4.24. The molecule has 6 nitrogen and oxygen atoms in total. The number of hydrogen-bond acceptors (Lipinski definition) is 7. The maximum atomic E-state index is 13.5. The number of fused-ring (bicyclic) bond motifs is 3. The SMILES string of the molecule is CC(C)CCn1c(SCC(=O)Nc2sccc2C#N)nc2sc3c(c2c1=O)CCCC3. The van der Waals surface area contributed by atoms with E-state index in [2.05, 4.69) is 25.2 Å². The van der Waals surface area contributed by atoms with Gasteiger partial charge in [-0.25, -0.2) is 4.98 Å². The minimum absolute atomic E-state index is 0.0259. The molecule has 0 radical (unpaired) electrons. The Hall–Kier alpha value is -2.15. The van der Waals surface area contributed by atoms with E-state index < -0.39 is 0 Å². The zero-order valence-corrected chi connectivity index (χ0v) is 20.0. The summed E-state index contributed by atoms with van der Waals surface area (Å²) in [6, 6.07) is 3.76. The van der Waals surface area contributed by atoms with Crippen LogP contribution in [-0.4, -0.2) is 21.2 Å². The quantitative estimate of drug-likeness (QED) is 0.384. The van der Waals surface area contributed by atoms with Crippen molar-refractivity contribution in [2.75, 3.05) is 11.1 Å². The van der Waals surface area contributed by atoms with Crippen molar-refractivity contribution in [2.24, 2.45) is 5.92 Å². The Kier molecular flexibility index (Phi) is 6.80. The second kappa shape index (κ2) is 9.55. The van der Waals surface area contributed by atoms with Crippen molar-refractivity contribution in [1.29, 1.82) is 5.26 Å². The van der Waals surface area contributed by atoms with Gasteiger partial charge in [-0.3, -0.25) is 14.2 Å². The minimum Gasteiger partial charge on any atom is -0.316 e. The third-order valence-electron chi connectivity index (χ3n) is 5.34. The number of aryl methyl sites for hydroxylation is 2. The van der Waals surface area contributed by atoms with Crippen molar-refractivity contribution in [2.45, 2.75) is 57.7 Å². The molecule has 1 N–H and O–H groups in total. The maximum absolute atomic E-state index is 13.5. The number of amides is 1. The smallest absolute Gasteiger partial charge is 0.263 e. The van der Waals surface area contributed by atoms with E-state index in [1.165, 1.54) is 33.5 Å². The van der Waals surface area contributed by atoms with E-state index >= 15 is 0 Å². The van der Waals surface area contributed by atoms with E-state index in [4.69, 9.17) is 10.2 Å². The molecule has 3 aromatic rings. The first kappa shape index (κ1) is 22.1. The average molecular weight is 473 g/mol. The van der Waals surface area contributed by atoms with Crippen molar-refractivity contribution in [3.63, 3.8) is 0 Å². The summed E-state index contributed by atoms with van der Waals surface area (Å²) < 4.78 is 1.76. The van der Waals surface area contributed by atoms with Gasteiger partial charge in [0.1, 0.15) is 15.9 Å². The van der Waals surface area contributed by atoms with E-state index in [0.717, 1.165) is 42.3 Å². The van der Waals surface area contributed by atoms with Crippen LogP contribution in [0.1, 0.15) is 49.1 Å². The van der Waals surface area contributed by atoms with Gasteiger partial charge in [-0.2, -0.15) is 5.26 Å². The van der Waals surface area contributed by atoms with Crippen LogP contribution in [0.3, 0.4) is 0 Å². The first-order chi connectivity index (χ1) is 15.0. The van der Waals surface area contributed by atoms with Gasteiger partial charge in [0.2, 0.25) is 5.91 Å². The number of nitriles is 1. The van der Waals surface area contributed by atoms with Crippen LogP contribution >= 0.6 is 34.4 Å². The van der Waals surface area contributed by atoms with E-state index in [1.807, 2.05) is 0 Å². The standard InChI is InChI=1S/C22H24N4O2S3/c1-13(2)7-9-26-21(28)18-15-5-3-4-6-16(15)31-20(18)25-22(26)30-12-17(27)24-19-14(11-23)8-10-29-19/h8,10,13H,3-7,9,12H2,1-2H3,(H,24,27). The van der Waals surface area contributed by atoms with Crippen LogP contribution in [0.15, 0.2) is 21.4 Å². The highest BCUT2D eigenvalue weighted by Gasteiger charge is 2.22. The van der Waals surface area contributed by atoms with E-state index in [1.54, 1.807) is 27.4 Å². The molecule has 4 rings (SSSR count). The van der Waals surface area contributed by atoms with Crippen LogP contribution in [-0.2, 0) is 24.2 Å². The molecule has 1 amide bonds. The van der Waals surface area contributed by atoms with Gasteiger partial charge >= 0.3 is 0 Å². The fourth-order valence-electron chi connectivity index (χ4n) is 3.70. The van der Waals surface area contributed by atoms with E-state index in [0.29, 0.717) is 28.2 Å². The summed E-state index contributed by atoms with van der Waals surface area (Å²) in [6.07, 6.45) is 5.13. The lowest BCUT2D eigenvalue weighted by Gasteiger charge is -2.14. The minimum atomic E-state index is -0.209. The Morgan fingerprint density at radius 3 is 2.97 bits per heavy atom. The van der Waals surface area contributed by atoms with Crippen molar-refractivity contribution in [3.05, 3.63) is 37.8 Å². The van der Waals surface area contributed by atoms with Crippen molar-refractivity contribution in [3.8, 4) is 6.07 Å². The van der Waals surface area contributed by atoms with Crippen LogP contribution in [0.2, 0.25) is 0 Å². The topological polar surface area (TPSA) is 87.8 Å². The van der Waals surface area contributed by atoms with Gasteiger partial charge in [0.25, 0.3) is 5.56 Å². The zero-order valence-electron chi connectivity index (χ0n) is 17.6. The molecule has 0 bridgehead atoms. The number of nitrogens with zero attached hydrogens (tertiary/aromatic N) is 3. The highest BCUT2D eigenvalue weighted by atomic mass is 32.2. The van der Waals surface area contributed by atoms with Gasteiger partial charge in [0, 0.05) is 11.4 Å². The summed E-state index contributed by atoms with van der Waals surface area (Å²) in [7, 11) is 0. The Labute approximate surface area is 193 Å². The first-order valence-corrected chi connectivity index (χ1v) is 13.1. The molecule has 9 heteroatoms. The average Bonchev–Trinajstić information content (AvgIpc) is 3.35. The lowest BCUT2D eigenvalue weighted by atomic mass is 9.97. The zero-order chi connectivity index (χ0) is 22.0. The van der Waals surface area contributed by atoms with E-state index in [-0.39, 0.29) is 17.2 Å². The molecule has 3 aromatic heterocycles. The van der Waals surface area contributed by atoms with Gasteiger partial charge in [-0.05, 0) is 55.0 Å². The van der Waals surface area contributed by atoms with Crippen LogP contribution in [0.4, 0.5) is 5.00 Å². The van der Waals surface area contributed by atoms with Crippen LogP contribution in [0.25, 0.3) is 10.2 Å². The highest BCUT2D eigenvalue weighted by Crippen LogP contribution is 2.35. The molecular weight excluding hydrogens is 448 g/mol. The van der Waals surface area contributed by atoms with E-state index in [9.17, 15) is 9.59 Å². The molecular formula is C22H24N4O2S3. The second-order valence-electron chi connectivity index (χ2n) is 8.04. The molecule has 0 spiro atoms. The van der Waals surface area contributed by atoms with Crippen LogP contribution in [0.5, 0.6) is 0 Å². The lowest BCUT2D eigenvalue weighted by molar-refractivity contribution is -0.113. The Morgan fingerprint density at radius 1 is 1.39 bits per heavy atom. The lowest BCUT2D eigenvalue weighted by Crippen LogP contribution is -2.25. The molecule has 3 heterocycles. The number of carbonyl (C=O) groups is 1. The van der Waals surface area contributed by atoms with Crippen molar-refractivity contribution < 1.29 is 4.79 Å². The van der Waals surface area contributed by atoms with Gasteiger partial charge < -0.3 is 5.32 Å². The first-order valence-electron chi connectivity index (χ1n) is 10.4. The number of nitrogens with one attached hydrogen (secondary N) is 1. The number of hydrogen-bond donors (Lipinski definition) is 1. The molecule has 0 saturated heterocycles. The second-order valence-corrected chi connectivity index (χ2v) is 11.0. The Morgan fingerprint density at radius 2 is 2.19 bits per heavy atom. The van der Waals surface area contributed by atoms with Gasteiger partial charge in [0.15, 0.2) is 5.16 Å². The molecule has 162 valence electrons. The van der Waals surface area contributed by atoms with Gasteiger partial charge in [-0.1, -0.05) is 25.6 Å². The third-order valence-corrected chi connectivity index (χ3v) is 8.33. The maximum Gasteiger partial charge on any atom is 0.263 e. The molecule has 0 aliphatic heterocycles. The fourth-order valence-corrected chi connectivity index (χ4v) is 6.58. The number of thiophene rings is 2. The van der Waals surface area contributed by atoms with Crippen molar-refractivity contribution >= 4 is 55.6 Å². The summed E-state index contributed by atoms with van der Waals surface area (Å²) in [5.74, 6) is 0.385. The summed E-state index contributed by atoms with van der Waals surface area (Å²) in [5.41, 5.74) is 1.68. The predicted molar refractivity (Wildman–Crippen MR) is 128 cm³/mol. The third kappa shape index (κ3) is 4.71. The monoisotopic (exact) mass is 472 g/mol. The Bertz CT molecular complexity index is 1220. The predicted octanol–water partition coefficient (Wildman–Crippen LogP) is 5.05. The molecule has 0 atom stereocenters. The number of aromatic nitrogens is 2. The fraction of sp³-hybridized carbons (Fsp3) is 0.455. The largest absolute Gasteiger partial charge is 0.316 e. The highest BCUT2D eigenvalue weighted by molar-refractivity contribution is 7.99. The van der Waals surface area contributed by atoms with Gasteiger partial charge in [-0.15, -0.1) is 22.7 Å². The molecule has 1 aliphatic carbocycles. The summed E-state index contributed by atoms with van der Waals surface area (Å²) in [6.45, 7) is 4.87. The molecule has 0 saturated carbocycles. The van der Waals surface area contributed by atoms with Crippen LogP contribution < -0.4 is 10.9 Å². The number of thioether (sulfide) groups is 1. The molecule has 31 heavy (non-hydrogen) atoms. The normalized spacial score (nSPS) is 13.4. The van der Waals surface area contributed by atoms with Crippen LogP contribution in [0, 0.1) is 17.2 Å². The summed E-state index contributed by atoms with van der Waals surface area (Å²) in [4.78, 5) is 32.9. The molecule has 1 aliphatic rings. The molecule has 0 unspecified atom stereocenters. The number of anilines is 1. The van der Waals surface area contributed by atoms with Gasteiger partial charge in [0.05, 0.1) is 16.7 Å². The molecule has 0 aromatic carbocycles. The number of rotatable bonds is 7. The van der Waals surface area contributed by atoms with Crippen molar-refractivity contribution in [1.82, 2.24) is 9.55 Å². The molecule has 0 fully saturated rings. The summed E-state index contributed by atoms with van der Waals surface area (Å²) in [5, 5.41) is 15.6. The Balaban J connectivity index is 1.62.